The first-order chi connectivity index (χ1) is 30.3. The lowest BCUT2D eigenvalue weighted by atomic mass is 10.1. The summed E-state index contributed by atoms with van der Waals surface area (Å²) in [6, 6.07) is 21.4. The summed E-state index contributed by atoms with van der Waals surface area (Å²) in [5.41, 5.74) is 2.51. The van der Waals surface area contributed by atoms with E-state index in [0.29, 0.717) is 56.8 Å². The number of phenols is 1. The van der Waals surface area contributed by atoms with Crippen LogP contribution in [0, 0.1) is 6.92 Å². The van der Waals surface area contributed by atoms with Crippen LogP contribution in [0.4, 0.5) is 0 Å². The van der Waals surface area contributed by atoms with Crippen molar-refractivity contribution in [2.24, 2.45) is 0 Å². The minimum absolute atomic E-state index is 0.0384. The number of methoxy groups -OCH3 is 8. The topological polar surface area (TPSA) is 206 Å². The van der Waals surface area contributed by atoms with Crippen molar-refractivity contribution in [2.75, 3.05) is 56.9 Å². The lowest BCUT2D eigenvalue weighted by molar-refractivity contribution is 0.373. The SMILES string of the molecule is COc1cc(OC)c(/C=C/S(=O)(=O)Cc2ccc(OC)c(O)c2)c(OC)c1.COc1cc(OC)c(/C=C/S(=O)(=O)Cc2ccc(OC)c(OS(=O)(=O)c3ccc(C)cc3)c2)c(OC)c1. The van der Waals surface area contributed by atoms with Gasteiger partial charge in [0.05, 0.1) is 79.5 Å². The molecule has 0 aliphatic rings. The van der Waals surface area contributed by atoms with E-state index >= 15 is 0 Å². The lowest BCUT2D eigenvalue weighted by Gasteiger charge is -2.13. The van der Waals surface area contributed by atoms with Crippen molar-refractivity contribution in [3.05, 3.63) is 124 Å². The van der Waals surface area contributed by atoms with Crippen LogP contribution in [0.2, 0.25) is 0 Å². The fourth-order valence-corrected chi connectivity index (χ4v) is 8.97. The predicted octanol–water partition coefficient (Wildman–Crippen LogP) is 7.40. The van der Waals surface area contributed by atoms with E-state index < -0.39 is 35.5 Å². The molecule has 0 aliphatic heterocycles. The number of sulfone groups is 2. The van der Waals surface area contributed by atoms with Crippen molar-refractivity contribution < 1.29 is 72.4 Å². The molecule has 344 valence electrons. The zero-order valence-electron chi connectivity index (χ0n) is 36.6. The highest BCUT2D eigenvalue weighted by Crippen LogP contribution is 2.37. The van der Waals surface area contributed by atoms with Crippen LogP contribution in [-0.2, 0) is 41.3 Å². The van der Waals surface area contributed by atoms with Crippen LogP contribution in [0.3, 0.4) is 0 Å². The summed E-state index contributed by atoms with van der Waals surface area (Å²) in [6.45, 7) is 1.83. The molecule has 5 rings (SSSR count). The quantitative estimate of drug-likeness (QED) is 0.0801. The first kappa shape index (κ1) is 50.1. The second-order valence-electron chi connectivity index (χ2n) is 13.5. The van der Waals surface area contributed by atoms with Gasteiger partial charge in [0, 0.05) is 35.1 Å². The third-order valence-corrected chi connectivity index (χ3v) is 12.9. The zero-order chi connectivity index (χ0) is 47.2. The van der Waals surface area contributed by atoms with Crippen LogP contribution in [0.15, 0.2) is 101 Å². The molecule has 64 heavy (non-hydrogen) atoms. The molecule has 0 atom stereocenters. The number of benzene rings is 5. The van der Waals surface area contributed by atoms with Gasteiger partial charge in [-0.1, -0.05) is 29.8 Å². The Bertz CT molecular complexity index is 2750. The molecule has 0 saturated heterocycles. The van der Waals surface area contributed by atoms with Gasteiger partial charge in [-0.05, 0) is 66.6 Å². The number of ether oxygens (including phenoxy) is 8. The van der Waals surface area contributed by atoms with E-state index in [4.69, 9.17) is 42.1 Å². The van der Waals surface area contributed by atoms with Gasteiger partial charge < -0.3 is 47.2 Å². The fraction of sp³-hybridized carbons (Fsp3) is 0.244. The summed E-state index contributed by atoms with van der Waals surface area (Å²) in [5.74, 6) is 2.05. The first-order valence-corrected chi connectivity index (χ1v) is 23.6. The van der Waals surface area contributed by atoms with E-state index in [2.05, 4.69) is 0 Å². The summed E-state index contributed by atoms with van der Waals surface area (Å²) in [7, 11) is 0.0375. The largest absolute Gasteiger partial charge is 0.504 e. The van der Waals surface area contributed by atoms with E-state index in [9.17, 15) is 30.4 Å². The summed E-state index contributed by atoms with van der Waals surface area (Å²) < 4.78 is 123. The average Bonchev–Trinajstić information content (AvgIpc) is 3.27. The van der Waals surface area contributed by atoms with E-state index in [1.165, 1.54) is 111 Å². The second-order valence-corrected chi connectivity index (χ2v) is 18.8. The molecule has 16 nitrogen and oxygen atoms in total. The molecule has 1 N–H and O–H groups in total. The van der Waals surface area contributed by atoms with Crippen molar-refractivity contribution in [3.8, 4) is 57.5 Å². The maximum absolute atomic E-state index is 12.9. The molecule has 5 aromatic carbocycles. The molecule has 0 unspecified atom stereocenters. The predicted molar refractivity (Wildman–Crippen MR) is 242 cm³/mol. The van der Waals surface area contributed by atoms with Crippen LogP contribution in [0.25, 0.3) is 12.2 Å². The molecule has 19 heteroatoms. The first-order valence-electron chi connectivity index (χ1n) is 18.8. The maximum atomic E-state index is 12.9. The number of hydrogen-bond donors (Lipinski definition) is 1. The molecule has 5 aromatic rings. The van der Waals surface area contributed by atoms with Crippen molar-refractivity contribution in [3.63, 3.8) is 0 Å². The van der Waals surface area contributed by atoms with Crippen molar-refractivity contribution in [1.82, 2.24) is 0 Å². The Morgan fingerprint density at radius 1 is 0.453 bits per heavy atom. The Morgan fingerprint density at radius 3 is 1.22 bits per heavy atom. The molecular formula is C45H50O16S3. The maximum Gasteiger partial charge on any atom is 0.339 e. The number of aromatic hydroxyl groups is 1. The van der Waals surface area contributed by atoms with Crippen molar-refractivity contribution in [1.29, 1.82) is 0 Å². The Hall–Kier alpha value is -6.57. The fourth-order valence-electron chi connectivity index (χ4n) is 5.87. The number of hydrogen-bond acceptors (Lipinski definition) is 16. The van der Waals surface area contributed by atoms with E-state index in [1.54, 1.807) is 42.5 Å². The van der Waals surface area contributed by atoms with Gasteiger partial charge in [0.2, 0.25) is 0 Å². The summed E-state index contributed by atoms with van der Waals surface area (Å²) in [5, 5.41) is 11.9. The van der Waals surface area contributed by atoms with Crippen LogP contribution >= 0.6 is 0 Å². The highest BCUT2D eigenvalue weighted by Gasteiger charge is 2.21. The van der Waals surface area contributed by atoms with Gasteiger partial charge in [-0.3, -0.25) is 0 Å². The van der Waals surface area contributed by atoms with Gasteiger partial charge in [0.1, 0.15) is 39.4 Å². The smallest absolute Gasteiger partial charge is 0.339 e. The molecular weight excluding hydrogens is 893 g/mol. The van der Waals surface area contributed by atoms with Crippen LogP contribution in [-0.4, -0.2) is 87.2 Å². The molecule has 0 saturated carbocycles. The van der Waals surface area contributed by atoms with Gasteiger partial charge in [0.25, 0.3) is 0 Å². The van der Waals surface area contributed by atoms with Crippen LogP contribution in [0.5, 0.6) is 57.5 Å². The number of phenolic OH excluding ortho intramolecular Hbond substituents is 1. The molecule has 0 amide bonds. The Morgan fingerprint density at radius 2 is 0.844 bits per heavy atom. The summed E-state index contributed by atoms with van der Waals surface area (Å²) in [4.78, 5) is -0.0384. The van der Waals surface area contributed by atoms with Gasteiger partial charge in [-0.25, -0.2) is 16.8 Å². The van der Waals surface area contributed by atoms with Gasteiger partial charge in [-0.15, -0.1) is 0 Å². The van der Waals surface area contributed by atoms with E-state index in [1.807, 2.05) is 6.92 Å². The lowest BCUT2D eigenvalue weighted by Crippen LogP contribution is -2.11. The normalized spacial score (nSPS) is 11.6. The third-order valence-electron chi connectivity index (χ3n) is 9.11. The molecule has 0 heterocycles. The Kier molecular flexibility index (Phi) is 17.3. The molecule has 0 aliphatic carbocycles. The van der Waals surface area contributed by atoms with E-state index in [-0.39, 0.29) is 33.6 Å². The van der Waals surface area contributed by atoms with Crippen molar-refractivity contribution in [2.45, 2.75) is 23.3 Å². The molecule has 0 radical (unpaired) electrons. The second kappa shape index (κ2) is 22.2. The Labute approximate surface area is 374 Å². The van der Waals surface area contributed by atoms with Crippen LogP contribution < -0.4 is 42.1 Å². The third kappa shape index (κ3) is 13.5. The average molecular weight is 943 g/mol. The highest BCUT2D eigenvalue weighted by molar-refractivity contribution is 7.93. The molecule has 0 spiro atoms. The standard InChI is InChI=1S/C26H28O9S2.C19H22O7S/c1-18-6-9-21(10-7-18)37(29,30)35-26-14-19(8-11-23(26)32-3)17-36(27,28)13-12-22-24(33-4)15-20(31-2)16-25(22)34-5;1-23-14-10-18(25-3)15(19(11-14)26-4)7-8-27(21,22)12-13-5-6-17(24-2)16(20)9-13/h6-16H,17H2,1-5H3;5-11,20H,12H2,1-4H3/b13-12+;8-7+. The minimum atomic E-state index is -4.17. The van der Waals surface area contributed by atoms with Gasteiger partial charge in [0.15, 0.2) is 42.7 Å². The highest BCUT2D eigenvalue weighted by atomic mass is 32.2. The van der Waals surface area contributed by atoms with Crippen molar-refractivity contribution >= 4 is 41.9 Å². The molecule has 0 bridgehead atoms. The van der Waals surface area contributed by atoms with Gasteiger partial charge >= 0.3 is 10.1 Å². The number of aryl methyl sites for hydroxylation is 1. The molecule has 0 aromatic heterocycles. The van der Waals surface area contributed by atoms with Crippen LogP contribution in [0.1, 0.15) is 27.8 Å². The number of rotatable bonds is 19. The summed E-state index contributed by atoms with van der Waals surface area (Å²) in [6.07, 6.45) is 2.78. The van der Waals surface area contributed by atoms with E-state index in [0.717, 1.165) is 16.4 Å². The monoisotopic (exact) mass is 942 g/mol. The van der Waals surface area contributed by atoms with Gasteiger partial charge in [-0.2, -0.15) is 8.42 Å². The minimum Gasteiger partial charge on any atom is -0.504 e. The summed E-state index contributed by atoms with van der Waals surface area (Å²) >= 11 is 0. The molecule has 0 fully saturated rings. The Balaban J connectivity index is 0.000000295. The zero-order valence-corrected chi connectivity index (χ0v) is 39.1.